The van der Waals surface area contributed by atoms with E-state index in [2.05, 4.69) is 10.6 Å². The monoisotopic (exact) mass is 423 g/mol. The summed E-state index contributed by atoms with van der Waals surface area (Å²) in [5, 5.41) is 17.1. The summed E-state index contributed by atoms with van der Waals surface area (Å²) in [6.45, 7) is 3.23. The van der Waals surface area contributed by atoms with Gasteiger partial charge in [0.2, 0.25) is 0 Å². The fourth-order valence-corrected chi connectivity index (χ4v) is 3.79. The third-order valence-electron chi connectivity index (χ3n) is 3.80. The molecule has 0 bridgehead atoms. The molecule has 11 heteroatoms. The Bertz CT molecular complexity index is 970. The predicted molar refractivity (Wildman–Crippen MR) is 109 cm³/mol. The molecule has 1 aromatic heterocycles. The Labute approximate surface area is 169 Å². The van der Waals surface area contributed by atoms with Gasteiger partial charge in [0.15, 0.2) is 5.11 Å². The van der Waals surface area contributed by atoms with Crippen molar-refractivity contribution in [2.24, 2.45) is 0 Å². The highest BCUT2D eigenvalue weighted by atomic mass is 32.1. The van der Waals surface area contributed by atoms with Gasteiger partial charge in [-0.3, -0.25) is 10.1 Å². The number of carbonyl (C=O) groups excluding carboxylic acids is 2. The van der Waals surface area contributed by atoms with Crippen molar-refractivity contribution in [3.05, 3.63) is 49.9 Å². The summed E-state index contributed by atoms with van der Waals surface area (Å²) in [6.07, 6.45) is 0. The van der Waals surface area contributed by atoms with Gasteiger partial charge in [-0.05, 0) is 37.7 Å². The number of nitro benzene ring substituents is 1. The lowest BCUT2D eigenvalue weighted by atomic mass is 10.1. The minimum Gasteiger partial charge on any atom is -0.465 e. The number of thiocarbonyl (C=S) groups is 1. The molecule has 0 atom stereocenters. The second-order valence-corrected chi connectivity index (χ2v) is 7.01. The normalized spacial score (nSPS) is 10.1. The van der Waals surface area contributed by atoms with Crippen LogP contribution < -0.4 is 10.6 Å². The van der Waals surface area contributed by atoms with Gasteiger partial charge in [0, 0.05) is 17.3 Å². The number of aryl methyl sites for hydroxylation is 1. The molecule has 0 aliphatic rings. The Kier molecular flexibility index (Phi) is 6.65. The molecule has 0 amide bonds. The lowest BCUT2D eigenvalue weighted by molar-refractivity contribution is -0.385. The number of nitro groups is 1. The Morgan fingerprint density at radius 1 is 1.14 bits per heavy atom. The van der Waals surface area contributed by atoms with E-state index < -0.39 is 16.9 Å². The highest BCUT2D eigenvalue weighted by Crippen LogP contribution is 2.34. The first-order valence-corrected chi connectivity index (χ1v) is 9.05. The van der Waals surface area contributed by atoms with Crippen LogP contribution in [-0.2, 0) is 9.47 Å². The van der Waals surface area contributed by atoms with Crippen LogP contribution in [0.5, 0.6) is 0 Å². The molecular weight excluding hydrogens is 406 g/mol. The summed E-state index contributed by atoms with van der Waals surface area (Å²) in [7, 11) is 2.46. The zero-order valence-electron chi connectivity index (χ0n) is 15.4. The van der Waals surface area contributed by atoms with E-state index >= 15 is 0 Å². The first-order chi connectivity index (χ1) is 13.2. The minimum absolute atomic E-state index is 0.0528. The average Bonchev–Trinajstić information content (AvgIpc) is 2.97. The number of carbonyl (C=O) groups is 2. The summed E-state index contributed by atoms with van der Waals surface area (Å²) in [4.78, 5) is 34.9. The molecule has 9 nitrogen and oxygen atoms in total. The van der Waals surface area contributed by atoms with Crippen LogP contribution >= 0.6 is 23.6 Å². The molecule has 2 N–H and O–H groups in total. The molecule has 0 saturated heterocycles. The van der Waals surface area contributed by atoms with Crippen molar-refractivity contribution >= 4 is 57.0 Å². The molecule has 0 spiro atoms. The van der Waals surface area contributed by atoms with Crippen molar-refractivity contribution in [3.63, 3.8) is 0 Å². The number of thiophene rings is 1. The summed E-state index contributed by atoms with van der Waals surface area (Å²) in [5.41, 5.74) is 1.42. The van der Waals surface area contributed by atoms with Crippen molar-refractivity contribution in [2.75, 3.05) is 24.9 Å². The molecule has 0 saturated carbocycles. The third-order valence-corrected chi connectivity index (χ3v) is 5.19. The van der Waals surface area contributed by atoms with Crippen LogP contribution in [0.15, 0.2) is 18.2 Å². The van der Waals surface area contributed by atoms with Gasteiger partial charge in [-0.2, -0.15) is 0 Å². The molecule has 0 fully saturated rings. The van der Waals surface area contributed by atoms with Gasteiger partial charge >= 0.3 is 11.9 Å². The molecule has 2 rings (SSSR count). The van der Waals surface area contributed by atoms with Crippen LogP contribution in [0.2, 0.25) is 0 Å². The number of hydrogen-bond donors (Lipinski definition) is 2. The number of hydrogen-bond acceptors (Lipinski definition) is 8. The zero-order chi connectivity index (χ0) is 21.0. The Morgan fingerprint density at radius 2 is 1.79 bits per heavy atom. The van der Waals surface area contributed by atoms with Crippen LogP contribution in [0.25, 0.3) is 0 Å². The molecule has 2 aromatic rings. The number of rotatable bonds is 5. The zero-order valence-corrected chi connectivity index (χ0v) is 17.1. The maximum absolute atomic E-state index is 12.1. The standard InChI is InChI=1S/C17H17N3O6S2/c1-8-5-6-10(7-11(8)20(23)24)18-17(27)19-14-12(15(21)25-3)9(2)13(28-14)16(22)26-4/h5-7H,1-4H3,(H2,18,19,27). The third kappa shape index (κ3) is 4.43. The highest BCUT2D eigenvalue weighted by Gasteiger charge is 2.26. The Hall–Kier alpha value is -3.05. The molecule has 0 radical (unpaired) electrons. The maximum Gasteiger partial charge on any atom is 0.348 e. The summed E-state index contributed by atoms with van der Waals surface area (Å²) >= 11 is 6.22. The number of benzene rings is 1. The molecule has 0 aliphatic heterocycles. The Balaban J connectivity index is 2.31. The van der Waals surface area contributed by atoms with E-state index in [1.807, 2.05) is 0 Å². The van der Waals surface area contributed by atoms with Crippen molar-refractivity contribution < 1.29 is 24.0 Å². The SMILES string of the molecule is COC(=O)c1sc(NC(=S)Nc2ccc(C)c([N+](=O)[O-])c2)c(C(=O)OC)c1C. The predicted octanol–water partition coefficient (Wildman–Crippen LogP) is 3.66. The van der Waals surface area contributed by atoms with Gasteiger partial charge in [0.25, 0.3) is 5.69 Å². The second-order valence-electron chi connectivity index (χ2n) is 5.58. The van der Waals surface area contributed by atoms with Gasteiger partial charge in [-0.1, -0.05) is 6.07 Å². The van der Waals surface area contributed by atoms with Crippen LogP contribution in [-0.4, -0.2) is 36.2 Å². The van der Waals surface area contributed by atoms with Crippen molar-refractivity contribution in [3.8, 4) is 0 Å². The lowest BCUT2D eigenvalue weighted by Crippen LogP contribution is -2.20. The molecule has 0 unspecified atom stereocenters. The molecule has 1 aromatic carbocycles. The van der Waals surface area contributed by atoms with E-state index in [0.29, 0.717) is 21.8 Å². The average molecular weight is 423 g/mol. The van der Waals surface area contributed by atoms with Gasteiger partial charge < -0.3 is 20.1 Å². The molecule has 28 heavy (non-hydrogen) atoms. The number of esters is 2. The van der Waals surface area contributed by atoms with E-state index in [-0.39, 0.29) is 21.2 Å². The molecule has 1 heterocycles. The molecular formula is C17H17N3O6S2. The highest BCUT2D eigenvalue weighted by molar-refractivity contribution is 7.80. The number of methoxy groups -OCH3 is 2. The summed E-state index contributed by atoms with van der Waals surface area (Å²) < 4.78 is 9.50. The Morgan fingerprint density at radius 3 is 2.36 bits per heavy atom. The smallest absolute Gasteiger partial charge is 0.348 e. The molecule has 148 valence electrons. The fraction of sp³-hybridized carbons (Fsp3) is 0.235. The van der Waals surface area contributed by atoms with E-state index in [4.69, 9.17) is 21.7 Å². The number of anilines is 2. The van der Waals surface area contributed by atoms with E-state index in [9.17, 15) is 19.7 Å². The van der Waals surface area contributed by atoms with Crippen LogP contribution in [0.4, 0.5) is 16.4 Å². The first-order valence-electron chi connectivity index (χ1n) is 7.82. The van der Waals surface area contributed by atoms with Gasteiger partial charge in [0.1, 0.15) is 9.88 Å². The number of nitrogens with zero attached hydrogens (tertiary/aromatic N) is 1. The van der Waals surface area contributed by atoms with Crippen molar-refractivity contribution in [1.82, 2.24) is 0 Å². The number of nitrogens with one attached hydrogen (secondary N) is 2. The van der Waals surface area contributed by atoms with E-state index in [1.54, 1.807) is 26.0 Å². The lowest BCUT2D eigenvalue weighted by Gasteiger charge is -2.11. The van der Waals surface area contributed by atoms with Crippen molar-refractivity contribution in [1.29, 1.82) is 0 Å². The maximum atomic E-state index is 12.1. The van der Waals surface area contributed by atoms with Gasteiger partial charge in [-0.25, -0.2) is 9.59 Å². The van der Waals surface area contributed by atoms with E-state index in [1.165, 1.54) is 20.3 Å². The topological polar surface area (TPSA) is 120 Å². The molecule has 0 aliphatic carbocycles. The van der Waals surface area contributed by atoms with E-state index in [0.717, 1.165) is 11.3 Å². The largest absolute Gasteiger partial charge is 0.465 e. The van der Waals surface area contributed by atoms with Crippen molar-refractivity contribution in [2.45, 2.75) is 13.8 Å². The summed E-state index contributed by atoms with van der Waals surface area (Å²) in [5.74, 6) is -1.23. The van der Waals surface area contributed by atoms with Crippen LogP contribution in [0, 0.1) is 24.0 Å². The van der Waals surface area contributed by atoms with Crippen LogP contribution in [0.1, 0.15) is 31.2 Å². The summed E-state index contributed by atoms with van der Waals surface area (Å²) in [6, 6.07) is 4.58. The fourth-order valence-electron chi connectivity index (χ4n) is 2.39. The minimum atomic E-state index is -0.639. The van der Waals surface area contributed by atoms with Gasteiger partial charge in [-0.15, -0.1) is 11.3 Å². The van der Waals surface area contributed by atoms with Crippen LogP contribution in [0.3, 0.4) is 0 Å². The van der Waals surface area contributed by atoms with Gasteiger partial charge in [0.05, 0.1) is 24.7 Å². The quantitative estimate of drug-likeness (QED) is 0.321. The second kappa shape index (κ2) is 8.76. The first kappa shape index (κ1) is 21.3. The number of ether oxygens (including phenoxy) is 2.